The van der Waals surface area contributed by atoms with Gasteiger partial charge < -0.3 is 23.8 Å². The predicted molar refractivity (Wildman–Crippen MR) is 544 cm³/mol. The maximum absolute atomic E-state index is 8.45. The molecular formula is C122H89B2N3O2. The third-order valence-corrected chi connectivity index (χ3v) is 27.1. The topological polar surface area (TPSA) is 29.9 Å². The highest BCUT2D eigenvalue weighted by atomic mass is 16.5. The molecule has 5 nitrogen and oxygen atoms in total. The Labute approximate surface area is 754 Å². The van der Waals surface area contributed by atoms with Gasteiger partial charge in [0.15, 0.2) is 0 Å². The van der Waals surface area contributed by atoms with Crippen LogP contribution in [0.4, 0.5) is 34.1 Å². The molecular weight excluding hydrogens is 1560 g/mol. The minimum absolute atomic E-state index is 0.285. The molecule has 129 heavy (non-hydrogen) atoms. The zero-order valence-electron chi connectivity index (χ0n) is 72.8. The first kappa shape index (κ1) is 76.9. The Morgan fingerprint density at radius 3 is 1.00 bits per heavy atom. The molecule has 0 unspecified atom stereocenters. The zero-order valence-corrected chi connectivity index (χ0v) is 72.8. The molecule has 0 saturated carbocycles. The summed E-state index contributed by atoms with van der Waals surface area (Å²) in [5.41, 5.74) is 39.5. The van der Waals surface area contributed by atoms with Crippen LogP contribution in [-0.4, -0.2) is 18.0 Å². The second-order valence-corrected chi connectivity index (χ2v) is 37.0. The van der Waals surface area contributed by atoms with Crippen molar-refractivity contribution < 1.29 is 9.47 Å². The zero-order chi connectivity index (χ0) is 86.3. The molecule has 0 aliphatic carbocycles. The van der Waals surface area contributed by atoms with Crippen molar-refractivity contribution in [3.8, 4) is 140 Å². The molecule has 0 saturated heterocycles. The lowest BCUT2D eigenvalue weighted by Crippen LogP contribution is -2.65. The van der Waals surface area contributed by atoms with Crippen LogP contribution in [0.25, 0.3) is 139 Å². The van der Waals surface area contributed by atoms with Crippen LogP contribution in [0.2, 0.25) is 0 Å². The van der Waals surface area contributed by atoms with Crippen LogP contribution < -0.4 is 52.1 Å². The van der Waals surface area contributed by atoms with E-state index in [0.717, 1.165) is 223 Å². The highest BCUT2D eigenvalue weighted by Gasteiger charge is 2.52. The number of rotatable bonds is 13. The van der Waals surface area contributed by atoms with Gasteiger partial charge in [0.25, 0.3) is 13.4 Å². The first-order chi connectivity index (χ1) is 63.3. The molecule has 610 valence electrons. The van der Waals surface area contributed by atoms with E-state index in [1.807, 2.05) is 0 Å². The van der Waals surface area contributed by atoms with Crippen molar-refractivity contribution in [2.45, 2.75) is 52.4 Å². The molecule has 4 aliphatic heterocycles. The summed E-state index contributed by atoms with van der Waals surface area (Å²) in [5, 5.41) is 2.33. The number of fused-ring (bicyclic) bond motifs is 12. The molecule has 0 atom stereocenters. The Kier molecular flexibility index (Phi) is 18.2. The molecule has 0 amide bonds. The number of ether oxygens (including phenoxy) is 2. The summed E-state index contributed by atoms with van der Waals surface area (Å²) in [6.07, 6.45) is 0. The van der Waals surface area contributed by atoms with E-state index in [-0.39, 0.29) is 10.8 Å². The maximum atomic E-state index is 8.45. The van der Waals surface area contributed by atoms with Crippen LogP contribution in [0.5, 0.6) is 23.0 Å². The van der Waals surface area contributed by atoms with Crippen molar-refractivity contribution in [3.05, 3.63) is 442 Å². The van der Waals surface area contributed by atoms with Crippen molar-refractivity contribution in [1.29, 1.82) is 0 Å². The molecule has 0 radical (unpaired) electrons. The van der Waals surface area contributed by atoms with Crippen molar-refractivity contribution in [1.82, 2.24) is 4.57 Å². The molecule has 5 heterocycles. The van der Waals surface area contributed by atoms with Crippen molar-refractivity contribution in [2.75, 3.05) is 9.80 Å². The number of para-hydroxylation sites is 2. The molecule has 20 aromatic rings. The lowest BCUT2D eigenvalue weighted by atomic mass is 9.30. The Balaban J connectivity index is 0.894. The van der Waals surface area contributed by atoms with Gasteiger partial charge in [-0.1, -0.05) is 387 Å². The fraction of sp³-hybridized carbons (Fsp3) is 0.0656. The highest BCUT2D eigenvalue weighted by Crippen LogP contribution is 2.58. The summed E-state index contributed by atoms with van der Waals surface area (Å²) >= 11 is 0. The quantitative estimate of drug-likeness (QED) is 0.108. The first-order valence-electron chi connectivity index (χ1n) is 45.1. The van der Waals surface area contributed by atoms with Gasteiger partial charge in [-0.25, -0.2) is 0 Å². The summed E-state index contributed by atoms with van der Waals surface area (Å²) in [6, 6.07) is 161. The Bertz CT molecular complexity index is 7810. The van der Waals surface area contributed by atoms with Gasteiger partial charge >= 0.3 is 0 Å². The third-order valence-electron chi connectivity index (χ3n) is 27.1. The standard InChI is InChI=1S/C122H89B2N3O2/c1-121(2,3)94-73-98(84-49-27-13-28-50-84)117(100(75-94)90-55-35-53-86(65-90)78-37-15-7-16-38-78)126-107-69-89(81-43-21-10-22-44-81)61-63-102(107)124-114-108(126)70-93(83-47-25-12-26-48-83)71-109(114)127(118-99(85-51-29-14-30-52-85)74-95(122(4,5)6)76-101(118)91-56-36-54-87(66-91)79-39-17-8-18-40-79)110-77-113-116-120(115(110)124)128-112-64-62-88(80-41-19-9-20-42-80)67-103(112)123(116)104-68-92(82-45-23-11-24-46-82)72-111(119(104)129-113)125-105-59-33-31-57-96(105)97-58-32-34-60-106(97)125/h7-77H,1-6H3. The van der Waals surface area contributed by atoms with E-state index in [2.05, 4.69) is 487 Å². The Morgan fingerprint density at radius 2 is 0.543 bits per heavy atom. The second-order valence-electron chi connectivity index (χ2n) is 37.0. The van der Waals surface area contributed by atoms with Crippen LogP contribution in [0, 0.1) is 0 Å². The summed E-state index contributed by atoms with van der Waals surface area (Å²) in [4.78, 5) is 5.41. The van der Waals surface area contributed by atoms with E-state index in [9.17, 15) is 0 Å². The fourth-order valence-corrected chi connectivity index (χ4v) is 20.9. The molecule has 1 aromatic heterocycles. The lowest BCUT2D eigenvalue weighted by Gasteiger charge is -2.47. The average molecular weight is 1650 g/mol. The smallest absolute Gasteiger partial charge is 0.260 e. The van der Waals surface area contributed by atoms with Crippen LogP contribution in [0.3, 0.4) is 0 Å². The normalized spacial score (nSPS) is 12.8. The molecule has 0 spiro atoms. The maximum Gasteiger partial charge on any atom is 0.260 e. The minimum Gasteiger partial charge on any atom is -0.459 e. The largest absolute Gasteiger partial charge is 0.459 e. The van der Waals surface area contributed by atoms with Crippen LogP contribution in [0.1, 0.15) is 52.7 Å². The van der Waals surface area contributed by atoms with Crippen LogP contribution in [-0.2, 0) is 10.8 Å². The van der Waals surface area contributed by atoms with Gasteiger partial charge in [-0.15, -0.1) is 0 Å². The number of anilines is 6. The van der Waals surface area contributed by atoms with Crippen LogP contribution in [0.15, 0.2) is 431 Å². The average Bonchev–Trinajstić information content (AvgIpc) is 0.887. The van der Waals surface area contributed by atoms with Gasteiger partial charge in [-0.2, -0.15) is 0 Å². The van der Waals surface area contributed by atoms with Crippen molar-refractivity contribution >= 4 is 102 Å². The number of hydrogen-bond acceptors (Lipinski definition) is 4. The molecule has 7 heteroatoms. The molecule has 19 aromatic carbocycles. The molecule has 24 rings (SSSR count). The summed E-state index contributed by atoms with van der Waals surface area (Å²) < 4.78 is 19.4. The van der Waals surface area contributed by atoms with Crippen molar-refractivity contribution in [2.24, 2.45) is 0 Å². The SMILES string of the molecule is CC(C)(C)c1cc(-c2ccccc2)c(N2c3cc(-c4ccccc4)ccc3B3c4c2cc(-c2ccccc2)cc4N(c2c(-c4ccccc4)cc(C(C)(C)C)cc2-c2cccc(-c4ccccc4)c2)c2cc4c5c(c23)Oc2ccc(-c3ccccc3)cc2B5c2cc(-c3ccccc3)cc(-n3c5ccccc5c5ccccc53)c2O4)c(-c2cccc(-c3ccccc3)c2)c1. The van der Waals surface area contributed by atoms with E-state index in [4.69, 9.17) is 9.47 Å². The second kappa shape index (κ2) is 30.6. The summed E-state index contributed by atoms with van der Waals surface area (Å²) in [6.45, 7) is 13.2. The van der Waals surface area contributed by atoms with E-state index < -0.39 is 13.4 Å². The van der Waals surface area contributed by atoms with Gasteiger partial charge in [-0.05, 0) is 217 Å². The van der Waals surface area contributed by atoms with Gasteiger partial charge in [-0.3, -0.25) is 0 Å². The predicted octanol–water partition coefficient (Wildman–Crippen LogP) is 28.9. The summed E-state index contributed by atoms with van der Waals surface area (Å²) in [5.74, 6) is 3.04. The molecule has 0 N–H and O–H groups in total. The lowest BCUT2D eigenvalue weighted by molar-refractivity contribution is 0.466. The highest BCUT2D eigenvalue weighted by molar-refractivity contribution is 7.03. The van der Waals surface area contributed by atoms with Gasteiger partial charge in [0.2, 0.25) is 0 Å². The number of aromatic nitrogens is 1. The number of hydrogen-bond donors (Lipinski definition) is 0. The number of benzene rings is 19. The van der Waals surface area contributed by atoms with Gasteiger partial charge in [0.05, 0.1) is 28.1 Å². The fourth-order valence-electron chi connectivity index (χ4n) is 20.9. The first-order valence-corrected chi connectivity index (χ1v) is 45.1. The Hall–Kier alpha value is -15.7. The third kappa shape index (κ3) is 13.0. The van der Waals surface area contributed by atoms with E-state index >= 15 is 0 Å². The van der Waals surface area contributed by atoms with Gasteiger partial charge in [0.1, 0.15) is 23.0 Å². The van der Waals surface area contributed by atoms with Crippen molar-refractivity contribution in [3.63, 3.8) is 0 Å². The number of nitrogens with zero attached hydrogens (tertiary/aromatic N) is 3. The molecule has 4 aliphatic rings. The van der Waals surface area contributed by atoms with Crippen LogP contribution >= 0.6 is 0 Å². The molecule has 0 fully saturated rings. The monoisotopic (exact) mass is 1650 g/mol. The summed E-state index contributed by atoms with van der Waals surface area (Å²) in [7, 11) is 0. The van der Waals surface area contributed by atoms with E-state index in [1.165, 1.54) is 11.1 Å². The minimum atomic E-state index is -0.517. The van der Waals surface area contributed by atoms with E-state index in [1.54, 1.807) is 0 Å². The van der Waals surface area contributed by atoms with Gasteiger partial charge in [0, 0.05) is 67.3 Å². The Morgan fingerprint density at radius 1 is 0.209 bits per heavy atom. The molecule has 0 bridgehead atoms. The van der Waals surface area contributed by atoms with E-state index in [0.29, 0.717) is 5.75 Å².